The third-order valence-corrected chi connectivity index (χ3v) is 12.6. The molecule has 15 nitrogen and oxygen atoms in total. The smallest absolute Gasteiger partial charge is 0.410 e. The lowest BCUT2D eigenvalue weighted by atomic mass is 9.80. The molecule has 306 valence electrons. The van der Waals surface area contributed by atoms with Gasteiger partial charge in [-0.3, -0.25) is 19.3 Å². The van der Waals surface area contributed by atoms with Gasteiger partial charge in [-0.2, -0.15) is 0 Å². The summed E-state index contributed by atoms with van der Waals surface area (Å²) in [4.78, 5) is 81.7. The Morgan fingerprint density at radius 1 is 0.983 bits per heavy atom. The Morgan fingerprint density at radius 2 is 1.60 bits per heavy atom. The van der Waals surface area contributed by atoms with Crippen LogP contribution in [0.4, 0.5) is 9.93 Å². The van der Waals surface area contributed by atoms with E-state index in [1.165, 1.54) is 22.7 Å². The van der Waals surface area contributed by atoms with E-state index in [1.807, 2.05) is 91.0 Å². The molecule has 2 atom stereocenters. The number of nitrogen functional groups attached to an aromatic ring is 1. The van der Waals surface area contributed by atoms with Gasteiger partial charge in [0.15, 0.2) is 10.8 Å². The van der Waals surface area contributed by atoms with E-state index in [9.17, 15) is 29.1 Å². The van der Waals surface area contributed by atoms with Crippen LogP contribution in [0, 0.1) is 0 Å². The lowest BCUT2D eigenvalue weighted by molar-refractivity contribution is -0.150. The Bertz CT molecular complexity index is 2340. The summed E-state index contributed by atoms with van der Waals surface area (Å²) in [6.45, 7) is 4.69. The molecule has 1 aromatic heterocycles. The van der Waals surface area contributed by atoms with Crippen molar-refractivity contribution in [2.45, 2.75) is 29.5 Å². The summed E-state index contributed by atoms with van der Waals surface area (Å²) in [5.41, 5.74) is 7.22. The quantitative estimate of drug-likeness (QED) is 0.0433. The number of fused-ring (bicyclic) bond motifs is 1. The lowest BCUT2D eigenvalue weighted by Gasteiger charge is -2.49. The highest BCUT2D eigenvalue weighted by Crippen LogP contribution is 2.43. The van der Waals surface area contributed by atoms with E-state index in [1.54, 1.807) is 16.4 Å². The molecule has 0 saturated carbocycles. The predicted octanol–water partition coefficient (Wildman–Crippen LogP) is 4.34. The van der Waals surface area contributed by atoms with Crippen LogP contribution in [0.15, 0.2) is 137 Å². The molecule has 5 heterocycles. The maximum absolute atomic E-state index is 14.3. The first-order valence-electron chi connectivity index (χ1n) is 19.0. The highest BCUT2D eigenvalue weighted by molar-refractivity contribution is 8.00. The van der Waals surface area contributed by atoms with Gasteiger partial charge >= 0.3 is 12.1 Å². The van der Waals surface area contributed by atoms with Crippen molar-refractivity contribution in [1.29, 1.82) is 0 Å². The van der Waals surface area contributed by atoms with Gasteiger partial charge < -0.3 is 35.5 Å². The van der Waals surface area contributed by atoms with Gasteiger partial charge in [-0.15, -0.1) is 23.1 Å². The van der Waals surface area contributed by atoms with Gasteiger partial charge in [-0.05, 0) is 18.1 Å². The van der Waals surface area contributed by atoms with E-state index in [-0.39, 0.29) is 46.5 Å². The fourth-order valence-corrected chi connectivity index (χ4v) is 9.56. The molecular formula is C43H39N7O8S2. The van der Waals surface area contributed by atoms with Crippen molar-refractivity contribution in [3.63, 3.8) is 0 Å². The molecule has 60 heavy (non-hydrogen) atoms. The highest BCUT2D eigenvalue weighted by atomic mass is 32.2. The van der Waals surface area contributed by atoms with E-state index in [0.717, 1.165) is 32.9 Å². The maximum atomic E-state index is 14.3. The fourth-order valence-electron chi connectivity index (χ4n) is 7.70. The van der Waals surface area contributed by atoms with E-state index < -0.39 is 40.9 Å². The van der Waals surface area contributed by atoms with Gasteiger partial charge in [0, 0.05) is 53.0 Å². The monoisotopic (exact) mass is 845 g/mol. The summed E-state index contributed by atoms with van der Waals surface area (Å²) in [5.74, 6) is -2.86. The number of nitrogens with two attached hydrogens (primary N) is 1. The van der Waals surface area contributed by atoms with Crippen molar-refractivity contribution < 1.29 is 38.7 Å². The molecular weight excluding hydrogens is 807 g/mol. The summed E-state index contributed by atoms with van der Waals surface area (Å²) < 4.78 is 5.07. The van der Waals surface area contributed by atoms with Gasteiger partial charge in [-0.1, -0.05) is 109 Å². The number of thiazole rings is 1. The van der Waals surface area contributed by atoms with Crippen LogP contribution in [-0.2, 0) is 34.4 Å². The summed E-state index contributed by atoms with van der Waals surface area (Å²) in [5, 5.41) is 18.6. The molecule has 3 aromatic carbocycles. The van der Waals surface area contributed by atoms with Crippen molar-refractivity contribution in [3.05, 3.63) is 154 Å². The number of amides is 4. The Kier molecular flexibility index (Phi) is 11.3. The van der Waals surface area contributed by atoms with Gasteiger partial charge in [0.25, 0.3) is 11.8 Å². The number of aromatic nitrogens is 1. The van der Waals surface area contributed by atoms with Crippen molar-refractivity contribution in [1.82, 2.24) is 25.0 Å². The van der Waals surface area contributed by atoms with Crippen LogP contribution in [0.25, 0.3) is 0 Å². The number of carbonyl (C=O) groups is 5. The Morgan fingerprint density at radius 3 is 2.15 bits per heavy atom. The number of aliphatic carboxylic acids is 1. The molecule has 3 saturated heterocycles. The van der Waals surface area contributed by atoms with E-state index in [4.69, 9.17) is 15.3 Å². The SMILES string of the molecule is C=CCOC(=O)N1CC(N2CC/C(=C\C3=C(C(=O)O)N4C(=O)[C@@H](NC(=O)/C(=N\OC(c5ccccc5)(c5ccccc5)c5ccccc5)c5csc(N)n5)[C@H]4SC3)C2=O)C1. The Balaban J connectivity index is 1.04. The van der Waals surface area contributed by atoms with Gasteiger partial charge in [0.2, 0.25) is 11.5 Å². The zero-order valence-corrected chi connectivity index (χ0v) is 33.6. The Labute approximate surface area is 352 Å². The van der Waals surface area contributed by atoms with E-state index in [2.05, 4.69) is 22.0 Å². The maximum Gasteiger partial charge on any atom is 0.410 e. The van der Waals surface area contributed by atoms with Crippen molar-refractivity contribution >= 4 is 63.7 Å². The van der Waals surface area contributed by atoms with Crippen molar-refractivity contribution in [2.75, 3.05) is 37.7 Å². The molecule has 0 radical (unpaired) electrons. The third-order valence-electron chi connectivity index (χ3n) is 10.7. The third kappa shape index (κ3) is 7.41. The van der Waals surface area contributed by atoms with E-state index in [0.29, 0.717) is 37.2 Å². The number of carboxylic acids is 1. The van der Waals surface area contributed by atoms with Crippen LogP contribution in [0.3, 0.4) is 0 Å². The predicted molar refractivity (Wildman–Crippen MR) is 224 cm³/mol. The number of allylic oxidation sites excluding steroid dienone is 1. The number of ether oxygens (including phenoxy) is 1. The minimum Gasteiger partial charge on any atom is -0.477 e. The number of nitrogens with one attached hydrogen (secondary N) is 1. The number of β-lactam (4-membered cyclic amide) rings is 1. The van der Waals surface area contributed by atoms with Crippen molar-refractivity contribution in [3.8, 4) is 0 Å². The summed E-state index contributed by atoms with van der Waals surface area (Å²) in [6, 6.07) is 27.1. The molecule has 0 spiro atoms. The average Bonchev–Trinajstić information content (AvgIpc) is 3.84. The number of anilines is 1. The second kappa shape index (κ2) is 16.9. The molecule has 4 amide bonds. The molecule has 0 unspecified atom stereocenters. The number of carbonyl (C=O) groups excluding carboxylic acids is 4. The van der Waals surface area contributed by atoms with Gasteiger partial charge in [0.1, 0.15) is 29.4 Å². The first-order valence-corrected chi connectivity index (χ1v) is 20.9. The van der Waals surface area contributed by atoms with Crippen LogP contribution in [-0.4, -0.2) is 110 Å². The summed E-state index contributed by atoms with van der Waals surface area (Å²) in [6.07, 6.45) is 2.92. The van der Waals surface area contributed by atoms with Crippen LogP contribution in [0.5, 0.6) is 0 Å². The topological polar surface area (TPSA) is 197 Å². The number of oxime groups is 1. The largest absolute Gasteiger partial charge is 0.477 e. The average molecular weight is 846 g/mol. The standard InChI is InChI=1S/C43H39N7O8S2/c1-2-20-57-42(56)48-22-31(23-48)49-19-18-26(37(49)52)21-27-24-59-39-34(38(53)50(39)35(27)40(54)55)46-36(51)33(32-25-60-41(44)45-32)47-58-43(28-12-6-3-7-13-28,29-14-8-4-9-15-29)30-16-10-5-11-17-30/h2-17,21,25,31,34,39H,1,18-20,22-24H2,(H2,44,45)(H,46,51)(H,54,55)/b26-21+,47-33-/t34-,39-/m1/s1. The molecule has 17 heteroatoms. The molecule has 4 aromatic rings. The Hall–Kier alpha value is -6.72. The molecule has 0 bridgehead atoms. The number of hydrogen-bond acceptors (Lipinski definition) is 12. The number of rotatable bonds is 13. The zero-order chi connectivity index (χ0) is 42.0. The number of benzene rings is 3. The number of carboxylic acid groups (broad SMARTS) is 1. The zero-order valence-electron chi connectivity index (χ0n) is 32.0. The van der Waals surface area contributed by atoms with Crippen LogP contribution < -0.4 is 11.1 Å². The minimum absolute atomic E-state index is 0.0919. The molecule has 4 aliphatic heterocycles. The van der Waals surface area contributed by atoms with Crippen LogP contribution >= 0.6 is 23.1 Å². The molecule has 8 rings (SSSR count). The van der Waals surface area contributed by atoms with Gasteiger partial charge in [0.05, 0.1) is 6.04 Å². The van der Waals surface area contributed by atoms with Gasteiger partial charge in [-0.25, -0.2) is 14.6 Å². The van der Waals surface area contributed by atoms with E-state index >= 15 is 0 Å². The minimum atomic E-state index is -1.34. The summed E-state index contributed by atoms with van der Waals surface area (Å²) in [7, 11) is 0. The normalized spacial score (nSPS) is 20.0. The van der Waals surface area contributed by atoms with Crippen LogP contribution in [0.1, 0.15) is 28.8 Å². The summed E-state index contributed by atoms with van der Waals surface area (Å²) >= 11 is 2.36. The molecule has 4 aliphatic rings. The number of hydrogen-bond donors (Lipinski definition) is 3. The first-order chi connectivity index (χ1) is 29.1. The number of likely N-dealkylation sites (tertiary alicyclic amines) is 2. The lowest BCUT2D eigenvalue weighted by Crippen LogP contribution is -2.71. The second-order valence-electron chi connectivity index (χ2n) is 14.3. The molecule has 4 N–H and O–H groups in total. The fraction of sp³-hybridized carbons (Fsp3) is 0.233. The molecule has 0 aliphatic carbocycles. The van der Waals surface area contributed by atoms with Crippen molar-refractivity contribution in [2.24, 2.45) is 5.16 Å². The number of thioether (sulfide) groups is 1. The van der Waals surface area contributed by atoms with Crippen LogP contribution in [0.2, 0.25) is 0 Å². The second-order valence-corrected chi connectivity index (χ2v) is 16.3. The highest BCUT2D eigenvalue weighted by Gasteiger charge is 2.54. The first kappa shape index (κ1) is 40.1. The molecule has 3 fully saturated rings. The number of nitrogens with zero attached hydrogens (tertiary/aromatic N) is 5.